The van der Waals surface area contributed by atoms with Gasteiger partial charge in [-0.2, -0.15) is 0 Å². The fourth-order valence-electron chi connectivity index (χ4n) is 3.26. The van der Waals surface area contributed by atoms with Gasteiger partial charge in [0.05, 0.1) is 19.3 Å². The number of nitrogens with zero attached hydrogens (tertiary/aromatic N) is 5. The first-order valence-electron chi connectivity index (χ1n) is 7.93. The van der Waals surface area contributed by atoms with Gasteiger partial charge in [-0.3, -0.25) is 4.90 Å². The number of amides is 1. The Labute approximate surface area is 139 Å². The van der Waals surface area contributed by atoms with Gasteiger partial charge in [0.15, 0.2) is 0 Å². The van der Waals surface area contributed by atoms with Crippen LogP contribution in [0.25, 0.3) is 4.85 Å². The number of benzene rings is 1. The molecule has 7 heteroatoms. The van der Waals surface area contributed by atoms with Crippen molar-refractivity contribution in [2.45, 2.75) is 38.0 Å². The predicted octanol–water partition coefficient (Wildman–Crippen LogP) is 2.52. The first-order valence-corrected chi connectivity index (χ1v) is 7.93. The van der Waals surface area contributed by atoms with Crippen LogP contribution in [0.5, 0.6) is 0 Å². The molecular formula is C17H17N5O2. The van der Waals surface area contributed by atoms with E-state index >= 15 is 0 Å². The van der Waals surface area contributed by atoms with Gasteiger partial charge in [0.25, 0.3) is 5.54 Å². The highest BCUT2D eigenvalue weighted by molar-refractivity contribution is 5.89. The standard InChI is InChI=1S/C17H17N5O2/c1-12-9-13(3-4-15(12)17(18-2)5-6-17)22-11-14(24-16(22)23)10-21-8-7-19-20-21/h3-4,7-9,14H,5-6,10-11H2,1H3. The average Bonchev–Trinajstić information content (AvgIpc) is 3.02. The molecule has 1 aromatic carbocycles. The minimum atomic E-state index is -0.349. The van der Waals surface area contributed by atoms with Gasteiger partial charge in [-0.15, -0.1) is 5.10 Å². The van der Waals surface area contributed by atoms with Gasteiger partial charge in [-0.25, -0.2) is 16.0 Å². The topological polar surface area (TPSA) is 64.6 Å². The van der Waals surface area contributed by atoms with E-state index in [9.17, 15) is 4.79 Å². The van der Waals surface area contributed by atoms with E-state index in [0.717, 1.165) is 29.7 Å². The summed E-state index contributed by atoms with van der Waals surface area (Å²) in [6.45, 7) is 10.4. The Hall–Kier alpha value is -2.88. The summed E-state index contributed by atoms with van der Waals surface area (Å²) in [7, 11) is 0. The third kappa shape index (κ3) is 2.40. The number of aromatic nitrogens is 3. The van der Waals surface area contributed by atoms with Crippen LogP contribution >= 0.6 is 0 Å². The number of anilines is 1. The number of carbonyl (C=O) groups is 1. The molecule has 7 nitrogen and oxygen atoms in total. The zero-order valence-corrected chi connectivity index (χ0v) is 13.3. The van der Waals surface area contributed by atoms with Gasteiger partial charge < -0.3 is 9.58 Å². The Morgan fingerprint density at radius 1 is 1.46 bits per heavy atom. The molecule has 1 saturated carbocycles. The van der Waals surface area contributed by atoms with Crippen molar-refractivity contribution >= 4 is 11.8 Å². The number of rotatable bonds is 4. The van der Waals surface area contributed by atoms with Gasteiger partial charge in [0.2, 0.25) is 0 Å². The van der Waals surface area contributed by atoms with E-state index in [4.69, 9.17) is 11.3 Å². The van der Waals surface area contributed by atoms with Crippen molar-refractivity contribution in [3.8, 4) is 0 Å². The Balaban J connectivity index is 1.53. The van der Waals surface area contributed by atoms with E-state index < -0.39 is 0 Å². The van der Waals surface area contributed by atoms with Gasteiger partial charge in [0, 0.05) is 30.3 Å². The van der Waals surface area contributed by atoms with E-state index in [0.29, 0.717) is 13.1 Å². The van der Waals surface area contributed by atoms with Crippen molar-refractivity contribution in [2.75, 3.05) is 11.4 Å². The molecule has 2 heterocycles. The number of hydrogen-bond acceptors (Lipinski definition) is 4. The molecule has 1 saturated heterocycles. The second kappa shape index (κ2) is 5.34. The minimum absolute atomic E-state index is 0.253. The first kappa shape index (κ1) is 14.7. The predicted molar refractivity (Wildman–Crippen MR) is 86.3 cm³/mol. The molecular weight excluding hydrogens is 306 g/mol. The minimum Gasteiger partial charge on any atom is -0.442 e. The summed E-state index contributed by atoms with van der Waals surface area (Å²) in [6, 6.07) is 5.86. The molecule has 2 fully saturated rings. The molecule has 1 unspecified atom stereocenters. The maximum Gasteiger partial charge on any atom is 0.414 e. The largest absolute Gasteiger partial charge is 0.442 e. The Kier molecular flexibility index (Phi) is 3.27. The van der Waals surface area contributed by atoms with Crippen molar-refractivity contribution in [3.05, 3.63) is 53.1 Å². The van der Waals surface area contributed by atoms with Crippen LogP contribution in [0.15, 0.2) is 30.6 Å². The van der Waals surface area contributed by atoms with E-state index in [1.165, 1.54) is 0 Å². The molecule has 2 aliphatic rings. The molecule has 1 aliphatic carbocycles. The maximum atomic E-state index is 12.2. The number of aryl methyl sites for hydroxylation is 1. The summed E-state index contributed by atoms with van der Waals surface area (Å²) in [4.78, 5) is 17.6. The summed E-state index contributed by atoms with van der Waals surface area (Å²) in [5.74, 6) is 0. The van der Waals surface area contributed by atoms with Crippen LogP contribution in [0.3, 0.4) is 0 Å². The lowest BCUT2D eigenvalue weighted by Crippen LogP contribution is -2.26. The smallest absolute Gasteiger partial charge is 0.414 e. The molecule has 1 aromatic heterocycles. The Morgan fingerprint density at radius 3 is 2.92 bits per heavy atom. The number of hydrogen-bond donors (Lipinski definition) is 0. The van der Waals surface area contributed by atoms with E-state index in [-0.39, 0.29) is 17.7 Å². The molecule has 0 radical (unpaired) electrons. The van der Waals surface area contributed by atoms with Crippen molar-refractivity contribution in [3.63, 3.8) is 0 Å². The zero-order chi connectivity index (χ0) is 16.7. The lowest BCUT2D eigenvalue weighted by molar-refractivity contribution is 0.129. The van der Waals surface area contributed by atoms with Gasteiger partial charge in [-0.1, -0.05) is 5.21 Å². The van der Waals surface area contributed by atoms with E-state index in [2.05, 4.69) is 15.2 Å². The van der Waals surface area contributed by atoms with Crippen LogP contribution in [-0.2, 0) is 16.8 Å². The third-order valence-electron chi connectivity index (χ3n) is 4.70. The third-order valence-corrected chi connectivity index (χ3v) is 4.70. The number of cyclic esters (lactones) is 1. The second-order valence-corrected chi connectivity index (χ2v) is 6.38. The quantitative estimate of drug-likeness (QED) is 0.811. The van der Waals surface area contributed by atoms with Crippen LogP contribution in [0.2, 0.25) is 0 Å². The van der Waals surface area contributed by atoms with Crippen molar-refractivity contribution in [2.24, 2.45) is 0 Å². The lowest BCUT2D eigenvalue weighted by atomic mass is 9.99. The zero-order valence-electron chi connectivity index (χ0n) is 13.3. The summed E-state index contributed by atoms with van der Waals surface area (Å²) in [6.07, 6.45) is 4.58. The molecule has 0 spiro atoms. The summed E-state index contributed by atoms with van der Waals surface area (Å²) >= 11 is 0. The van der Waals surface area contributed by atoms with Crippen LogP contribution in [-0.4, -0.2) is 33.7 Å². The molecule has 0 N–H and O–H groups in total. The monoisotopic (exact) mass is 323 g/mol. The summed E-state index contributed by atoms with van der Waals surface area (Å²) in [5, 5.41) is 7.65. The summed E-state index contributed by atoms with van der Waals surface area (Å²) < 4.78 is 7.08. The van der Waals surface area contributed by atoms with Gasteiger partial charge >= 0.3 is 6.09 Å². The number of ether oxygens (including phenoxy) is 1. The summed E-state index contributed by atoms with van der Waals surface area (Å²) in [5.41, 5.74) is 2.61. The molecule has 2 aromatic rings. The highest BCUT2D eigenvalue weighted by atomic mass is 16.6. The highest BCUT2D eigenvalue weighted by Crippen LogP contribution is 2.51. The second-order valence-electron chi connectivity index (χ2n) is 6.38. The number of carbonyl (C=O) groups excluding carboxylic acids is 1. The fraction of sp³-hybridized carbons (Fsp3) is 0.412. The molecule has 122 valence electrons. The normalized spacial score (nSPS) is 21.4. The van der Waals surface area contributed by atoms with E-state index in [1.54, 1.807) is 22.0 Å². The van der Waals surface area contributed by atoms with Crippen molar-refractivity contribution in [1.29, 1.82) is 0 Å². The van der Waals surface area contributed by atoms with Crippen LogP contribution in [0, 0.1) is 13.5 Å². The molecule has 1 atom stereocenters. The Bertz CT molecular complexity index is 820. The molecule has 24 heavy (non-hydrogen) atoms. The Morgan fingerprint density at radius 2 is 2.29 bits per heavy atom. The fourth-order valence-corrected chi connectivity index (χ4v) is 3.26. The van der Waals surface area contributed by atoms with E-state index in [1.807, 2.05) is 25.1 Å². The first-order chi connectivity index (χ1) is 11.6. The lowest BCUT2D eigenvalue weighted by Gasteiger charge is -2.16. The van der Waals surface area contributed by atoms with Crippen LogP contribution < -0.4 is 4.90 Å². The molecule has 1 aliphatic heterocycles. The molecule has 1 amide bonds. The van der Waals surface area contributed by atoms with Gasteiger partial charge in [-0.05, 0) is 30.7 Å². The van der Waals surface area contributed by atoms with Crippen molar-refractivity contribution < 1.29 is 9.53 Å². The highest BCUT2D eigenvalue weighted by Gasteiger charge is 2.53. The SMILES string of the molecule is [C-]#[N+]C1(c2ccc(N3CC(Cn4ccnn4)OC3=O)cc2C)CC1. The van der Waals surface area contributed by atoms with Crippen LogP contribution in [0.4, 0.5) is 10.5 Å². The molecule has 4 rings (SSSR count). The van der Waals surface area contributed by atoms with Gasteiger partial charge in [0.1, 0.15) is 6.10 Å². The maximum absolute atomic E-state index is 12.2. The van der Waals surface area contributed by atoms with Crippen LogP contribution in [0.1, 0.15) is 24.0 Å². The van der Waals surface area contributed by atoms with Crippen molar-refractivity contribution in [1.82, 2.24) is 15.0 Å². The molecule has 0 bridgehead atoms. The average molecular weight is 323 g/mol.